The molecule has 0 amide bonds. The van der Waals surface area contributed by atoms with Gasteiger partial charge in [0, 0.05) is 5.02 Å². The van der Waals surface area contributed by atoms with E-state index in [4.69, 9.17) is 11.6 Å². The number of phenols is 1. The predicted octanol–water partition coefficient (Wildman–Crippen LogP) is 3.70. The van der Waals surface area contributed by atoms with Crippen molar-refractivity contribution in [3.05, 3.63) is 28.8 Å². The van der Waals surface area contributed by atoms with Crippen LogP contribution in [0.2, 0.25) is 5.02 Å². The second-order valence-corrected chi connectivity index (χ2v) is 4.12. The highest BCUT2D eigenvalue weighted by molar-refractivity contribution is 6.30. The summed E-state index contributed by atoms with van der Waals surface area (Å²) >= 11 is 5.76. The van der Waals surface area contributed by atoms with Crippen LogP contribution in [-0.4, -0.2) is 5.11 Å². The first-order valence-electron chi connectivity index (χ1n) is 4.76. The minimum Gasteiger partial charge on any atom is -0.508 e. The fraction of sp³-hybridized carbons (Fsp3) is 0.455. The molecule has 1 aromatic rings. The average molecular weight is 197 g/mol. The summed E-state index contributed by atoms with van der Waals surface area (Å²) in [7, 11) is 0. The van der Waals surface area contributed by atoms with Gasteiger partial charge in [-0.15, -0.1) is 0 Å². The zero-order chi connectivity index (χ0) is 9.26. The molecule has 2 heteroatoms. The third kappa shape index (κ3) is 1.80. The van der Waals surface area contributed by atoms with Crippen LogP contribution in [0.4, 0.5) is 0 Å². The third-order valence-electron chi connectivity index (χ3n) is 2.79. The number of benzene rings is 1. The van der Waals surface area contributed by atoms with Gasteiger partial charge in [-0.3, -0.25) is 0 Å². The van der Waals surface area contributed by atoms with Crippen LogP contribution in [0.1, 0.15) is 37.2 Å². The summed E-state index contributed by atoms with van der Waals surface area (Å²) < 4.78 is 0. The van der Waals surface area contributed by atoms with Gasteiger partial charge in [0.2, 0.25) is 0 Å². The van der Waals surface area contributed by atoms with Gasteiger partial charge in [0.15, 0.2) is 0 Å². The number of hydrogen-bond acceptors (Lipinski definition) is 1. The lowest BCUT2D eigenvalue weighted by Gasteiger charge is -2.11. The number of halogens is 1. The Morgan fingerprint density at radius 2 is 1.92 bits per heavy atom. The summed E-state index contributed by atoms with van der Waals surface area (Å²) in [6.45, 7) is 0. The highest BCUT2D eigenvalue weighted by Crippen LogP contribution is 2.38. The second-order valence-electron chi connectivity index (χ2n) is 3.68. The molecule has 0 atom stereocenters. The molecular formula is C11H13ClO. The fourth-order valence-corrected chi connectivity index (χ4v) is 2.27. The minimum absolute atomic E-state index is 0.361. The molecule has 1 aromatic carbocycles. The van der Waals surface area contributed by atoms with Crippen molar-refractivity contribution < 1.29 is 5.11 Å². The Labute approximate surface area is 83.3 Å². The molecule has 0 saturated heterocycles. The Hall–Kier alpha value is -0.690. The van der Waals surface area contributed by atoms with Crippen LogP contribution in [0.15, 0.2) is 18.2 Å². The number of aromatic hydroxyl groups is 1. The molecule has 1 N–H and O–H groups in total. The van der Waals surface area contributed by atoms with Crippen LogP contribution in [0, 0.1) is 0 Å². The van der Waals surface area contributed by atoms with Crippen molar-refractivity contribution in [2.75, 3.05) is 0 Å². The van der Waals surface area contributed by atoms with E-state index in [1.807, 2.05) is 12.1 Å². The zero-order valence-corrected chi connectivity index (χ0v) is 8.22. The van der Waals surface area contributed by atoms with E-state index in [-0.39, 0.29) is 0 Å². The van der Waals surface area contributed by atoms with E-state index < -0.39 is 0 Å². The highest BCUT2D eigenvalue weighted by atomic mass is 35.5. The summed E-state index contributed by atoms with van der Waals surface area (Å²) in [6, 6.07) is 5.44. The van der Waals surface area contributed by atoms with E-state index in [1.54, 1.807) is 6.07 Å². The molecule has 0 radical (unpaired) electrons. The smallest absolute Gasteiger partial charge is 0.120 e. The summed E-state index contributed by atoms with van der Waals surface area (Å²) in [5.41, 5.74) is 1.07. The first-order valence-corrected chi connectivity index (χ1v) is 5.13. The normalized spacial score (nSPS) is 17.9. The van der Waals surface area contributed by atoms with Crippen molar-refractivity contribution in [1.29, 1.82) is 0 Å². The van der Waals surface area contributed by atoms with Gasteiger partial charge in [-0.25, -0.2) is 0 Å². The molecule has 0 unspecified atom stereocenters. The molecule has 70 valence electrons. The molecule has 0 heterocycles. The topological polar surface area (TPSA) is 20.2 Å². The monoisotopic (exact) mass is 196 g/mol. The molecule has 0 spiro atoms. The van der Waals surface area contributed by atoms with Crippen molar-refractivity contribution >= 4 is 11.6 Å². The van der Waals surface area contributed by atoms with Crippen molar-refractivity contribution in [3.8, 4) is 5.75 Å². The van der Waals surface area contributed by atoms with Gasteiger partial charge in [0.05, 0.1) is 0 Å². The Morgan fingerprint density at radius 3 is 2.54 bits per heavy atom. The molecular weight excluding hydrogens is 184 g/mol. The average Bonchev–Trinajstić information content (AvgIpc) is 2.56. The van der Waals surface area contributed by atoms with Gasteiger partial charge in [0.25, 0.3) is 0 Å². The Bertz CT molecular complexity index is 303. The van der Waals surface area contributed by atoms with Gasteiger partial charge in [-0.2, -0.15) is 0 Å². The minimum atomic E-state index is 0.361. The molecule has 0 aliphatic heterocycles. The molecule has 1 saturated carbocycles. The van der Waals surface area contributed by atoms with E-state index in [9.17, 15) is 5.11 Å². The van der Waals surface area contributed by atoms with E-state index in [0.717, 1.165) is 5.56 Å². The summed E-state index contributed by atoms with van der Waals surface area (Å²) in [4.78, 5) is 0. The van der Waals surface area contributed by atoms with Crippen LogP contribution >= 0.6 is 11.6 Å². The van der Waals surface area contributed by atoms with E-state index in [2.05, 4.69) is 0 Å². The second kappa shape index (κ2) is 3.59. The lowest BCUT2D eigenvalue weighted by molar-refractivity contribution is 0.461. The molecule has 1 aliphatic carbocycles. The lowest BCUT2D eigenvalue weighted by atomic mass is 9.97. The van der Waals surface area contributed by atoms with Crippen molar-refractivity contribution in [2.45, 2.75) is 31.6 Å². The van der Waals surface area contributed by atoms with Gasteiger partial charge in [0.1, 0.15) is 5.75 Å². The first-order chi connectivity index (χ1) is 6.27. The molecule has 1 aliphatic rings. The van der Waals surface area contributed by atoms with Crippen LogP contribution in [-0.2, 0) is 0 Å². The third-order valence-corrected chi connectivity index (χ3v) is 3.02. The van der Waals surface area contributed by atoms with E-state index >= 15 is 0 Å². The van der Waals surface area contributed by atoms with E-state index in [1.165, 1.54) is 25.7 Å². The fourth-order valence-electron chi connectivity index (χ4n) is 2.10. The summed E-state index contributed by atoms with van der Waals surface area (Å²) in [5.74, 6) is 0.914. The van der Waals surface area contributed by atoms with Gasteiger partial charge in [-0.05, 0) is 36.5 Å². The molecule has 2 rings (SSSR count). The van der Waals surface area contributed by atoms with E-state index in [0.29, 0.717) is 16.7 Å². The number of rotatable bonds is 1. The van der Waals surface area contributed by atoms with Crippen LogP contribution < -0.4 is 0 Å². The lowest BCUT2D eigenvalue weighted by Crippen LogP contribution is -1.92. The Morgan fingerprint density at radius 1 is 1.23 bits per heavy atom. The van der Waals surface area contributed by atoms with Crippen molar-refractivity contribution in [3.63, 3.8) is 0 Å². The Kier molecular flexibility index (Phi) is 2.45. The van der Waals surface area contributed by atoms with Crippen LogP contribution in [0.3, 0.4) is 0 Å². The summed E-state index contributed by atoms with van der Waals surface area (Å²) in [5, 5.41) is 10.3. The summed E-state index contributed by atoms with van der Waals surface area (Å²) in [6.07, 6.45) is 4.98. The largest absolute Gasteiger partial charge is 0.508 e. The molecule has 0 aromatic heterocycles. The van der Waals surface area contributed by atoms with Crippen molar-refractivity contribution in [2.24, 2.45) is 0 Å². The first kappa shape index (κ1) is 8.89. The zero-order valence-electron chi connectivity index (χ0n) is 7.46. The van der Waals surface area contributed by atoms with Gasteiger partial charge >= 0.3 is 0 Å². The standard InChI is InChI=1S/C11H13ClO/c12-9-5-6-10(11(13)7-9)8-3-1-2-4-8/h5-8,13H,1-4H2. The maximum Gasteiger partial charge on any atom is 0.120 e. The number of hydrogen-bond donors (Lipinski definition) is 1. The number of phenolic OH excluding ortho intramolecular Hbond substituents is 1. The maximum absolute atomic E-state index is 9.67. The van der Waals surface area contributed by atoms with Crippen molar-refractivity contribution in [1.82, 2.24) is 0 Å². The molecule has 1 fully saturated rings. The predicted molar refractivity (Wildman–Crippen MR) is 54.3 cm³/mol. The molecule has 13 heavy (non-hydrogen) atoms. The quantitative estimate of drug-likeness (QED) is 0.726. The van der Waals surface area contributed by atoms with Gasteiger partial charge in [-0.1, -0.05) is 30.5 Å². The maximum atomic E-state index is 9.67. The molecule has 1 nitrogen and oxygen atoms in total. The van der Waals surface area contributed by atoms with Crippen LogP contribution in [0.25, 0.3) is 0 Å². The van der Waals surface area contributed by atoms with Gasteiger partial charge < -0.3 is 5.11 Å². The van der Waals surface area contributed by atoms with Crippen LogP contribution in [0.5, 0.6) is 5.75 Å². The Balaban J connectivity index is 2.29. The SMILES string of the molecule is Oc1cc(Cl)ccc1C1CCCC1. The molecule has 0 bridgehead atoms. The highest BCUT2D eigenvalue weighted by Gasteiger charge is 2.19.